The highest BCUT2D eigenvalue weighted by Gasteiger charge is 2.20. The lowest BCUT2D eigenvalue weighted by Gasteiger charge is -2.33. The number of rotatable bonds is 8. The van der Waals surface area contributed by atoms with Crippen LogP contribution in [-0.4, -0.2) is 50.1 Å². The van der Waals surface area contributed by atoms with Crippen LogP contribution in [0, 0.1) is 5.92 Å². The van der Waals surface area contributed by atoms with Crippen molar-refractivity contribution in [3.63, 3.8) is 0 Å². The molecule has 0 bridgehead atoms. The van der Waals surface area contributed by atoms with Gasteiger partial charge in [0.1, 0.15) is 0 Å². The van der Waals surface area contributed by atoms with E-state index in [1.165, 1.54) is 5.56 Å². The van der Waals surface area contributed by atoms with Gasteiger partial charge in [0.15, 0.2) is 0 Å². The van der Waals surface area contributed by atoms with Crippen molar-refractivity contribution >= 4 is 27.5 Å². The van der Waals surface area contributed by atoms with Crippen molar-refractivity contribution in [2.24, 2.45) is 11.7 Å². The zero-order valence-electron chi connectivity index (χ0n) is 13.4. The molecule has 0 fully saturated rings. The van der Waals surface area contributed by atoms with E-state index < -0.39 is 0 Å². The minimum atomic E-state index is 0.206. The lowest BCUT2D eigenvalue weighted by molar-refractivity contribution is 0.163. The minimum absolute atomic E-state index is 0.206. The molecule has 5 heteroatoms. The molecule has 0 spiro atoms. The van der Waals surface area contributed by atoms with E-state index in [2.05, 4.69) is 59.7 Å². The van der Waals surface area contributed by atoms with Crippen LogP contribution in [0.2, 0.25) is 5.02 Å². The van der Waals surface area contributed by atoms with E-state index in [0.29, 0.717) is 12.5 Å². The smallest absolute Gasteiger partial charge is 0.0551 e. The summed E-state index contributed by atoms with van der Waals surface area (Å²) in [6.45, 7) is 8.13. The lowest BCUT2D eigenvalue weighted by atomic mass is 10.0. The molecule has 0 aliphatic rings. The summed E-state index contributed by atoms with van der Waals surface area (Å²) in [7, 11) is 4.20. The monoisotopic (exact) mass is 375 g/mol. The summed E-state index contributed by atoms with van der Waals surface area (Å²) < 4.78 is 0.924. The van der Waals surface area contributed by atoms with Crippen LogP contribution in [0.1, 0.15) is 25.5 Å². The summed E-state index contributed by atoms with van der Waals surface area (Å²) in [6.07, 6.45) is 0. The molecule has 0 aliphatic carbocycles. The van der Waals surface area contributed by atoms with Gasteiger partial charge < -0.3 is 10.6 Å². The summed E-state index contributed by atoms with van der Waals surface area (Å²) in [4.78, 5) is 4.67. The van der Waals surface area contributed by atoms with Crippen LogP contribution in [0.15, 0.2) is 22.7 Å². The molecule has 120 valence electrons. The van der Waals surface area contributed by atoms with E-state index in [1.54, 1.807) is 0 Å². The van der Waals surface area contributed by atoms with Crippen LogP contribution in [-0.2, 0) is 0 Å². The standard InChI is InChI=1S/C16H27BrClN3/c1-12(2)11-21(8-7-20(3)4)16(10-19)13-5-6-14(17)15(18)9-13/h5-6,9,12,16H,7-8,10-11,19H2,1-4H3. The zero-order chi connectivity index (χ0) is 16.0. The highest BCUT2D eigenvalue weighted by Crippen LogP contribution is 2.28. The van der Waals surface area contributed by atoms with Gasteiger partial charge in [0.2, 0.25) is 0 Å². The second-order valence-corrected chi connectivity index (χ2v) is 7.38. The number of halogens is 2. The molecule has 2 N–H and O–H groups in total. The Morgan fingerprint density at radius 3 is 2.38 bits per heavy atom. The predicted octanol–water partition coefficient (Wildman–Crippen LogP) is 3.62. The SMILES string of the molecule is CC(C)CN(CCN(C)C)C(CN)c1ccc(Br)c(Cl)c1. The third-order valence-corrected chi connectivity index (χ3v) is 4.66. The molecule has 0 heterocycles. The van der Waals surface area contributed by atoms with Crippen molar-refractivity contribution in [3.8, 4) is 0 Å². The van der Waals surface area contributed by atoms with Crippen LogP contribution in [0.5, 0.6) is 0 Å². The summed E-state index contributed by atoms with van der Waals surface area (Å²) in [6, 6.07) is 6.33. The van der Waals surface area contributed by atoms with E-state index >= 15 is 0 Å². The molecule has 1 aromatic rings. The van der Waals surface area contributed by atoms with Gasteiger partial charge in [-0.15, -0.1) is 0 Å². The van der Waals surface area contributed by atoms with Crippen LogP contribution < -0.4 is 5.73 Å². The molecule has 1 rings (SSSR count). The van der Waals surface area contributed by atoms with E-state index in [-0.39, 0.29) is 6.04 Å². The van der Waals surface area contributed by atoms with Crippen LogP contribution in [0.25, 0.3) is 0 Å². The topological polar surface area (TPSA) is 32.5 Å². The maximum absolute atomic E-state index is 6.24. The van der Waals surface area contributed by atoms with Gasteiger partial charge in [0.25, 0.3) is 0 Å². The van der Waals surface area contributed by atoms with Gasteiger partial charge in [-0.05, 0) is 53.6 Å². The number of hydrogen-bond acceptors (Lipinski definition) is 3. The Morgan fingerprint density at radius 1 is 1.24 bits per heavy atom. The van der Waals surface area contributed by atoms with Gasteiger partial charge in [-0.1, -0.05) is 31.5 Å². The third-order valence-electron chi connectivity index (χ3n) is 3.43. The van der Waals surface area contributed by atoms with Gasteiger partial charge in [0.05, 0.1) is 5.02 Å². The number of likely N-dealkylation sites (N-methyl/N-ethyl adjacent to an activating group) is 1. The van der Waals surface area contributed by atoms with Crippen LogP contribution in [0.4, 0.5) is 0 Å². The van der Waals surface area contributed by atoms with Crippen molar-refractivity contribution in [2.75, 3.05) is 40.3 Å². The Morgan fingerprint density at radius 2 is 1.90 bits per heavy atom. The van der Waals surface area contributed by atoms with Gasteiger partial charge in [0, 0.05) is 36.7 Å². The Hall–Kier alpha value is -0.130. The second-order valence-electron chi connectivity index (χ2n) is 6.12. The first-order valence-corrected chi connectivity index (χ1v) is 8.56. The summed E-state index contributed by atoms with van der Waals surface area (Å²) in [5.74, 6) is 0.604. The van der Waals surface area contributed by atoms with Crippen molar-refractivity contribution in [1.82, 2.24) is 9.80 Å². The Bertz CT molecular complexity index is 438. The number of nitrogens with zero attached hydrogens (tertiary/aromatic N) is 2. The van der Waals surface area contributed by atoms with E-state index in [9.17, 15) is 0 Å². The Labute approximate surface area is 142 Å². The van der Waals surface area contributed by atoms with E-state index in [1.807, 2.05) is 12.1 Å². The molecular weight excluding hydrogens is 350 g/mol. The average molecular weight is 377 g/mol. The summed E-state index contributed by atoms with van der Waals surface area (Å²) >= 11 is 9.68. The molecule has 3 nitrogen and oxygen atoms in total. The molecule has 1 aromatic carbocycles. The predicted molar refractivity (Wildman–Crippen MR) is 95.9 cm³/mol. The maximum atomic E-state index is 6.24. The Balaban J connectivity index is 2.95. The maximum Gasteiger partial charge on any atom is 0.0551 e. The molecular formula is C16H27BrClN3. The average Bonchev–Trinajstić information content (AvgIpc) is 2.40. The minimum Gasteiger partial charge on any atom is -0.329 e. The molecule has 1 atom stereocenters. The van der Waals surface area contributed by atoms with Crippen molar-refractivity contribution in [2.45, 2.75) is 19.9 Å². The molecule has 1 unspecified atom stereocenters. The molecule has 0 amide bonds. The van der Waals surface area contributed by atoms with Crippen molar-refractivity contribution in [1.29, 1.82) is 0 Å². The molecule has 0 radical (unpaired) electrons. The molecule has 0 aromatic heterocycles. The fraction of sp³-hybridized carbons (Fsp3) is 0.625. The van der Waals surface area contributed by atoms with Crippen molar-refractivity contribution < 1.29 is 0 Å². The van der Waals surface area contributed by atoms with Gasteiger partial charge >= 0.3 is 0 Å². The third kappa shape index (κ3) is 6.25. The number of hydrogen-bond donors (Lipinski definition) is 1. The molecule has 0 aliphatic heterocycles. The Kier molecular flexibility index (Phi) is 8.21. The first-order chi connectivity index (χ1) is 9.85. The highest BCUT2D eigenvalue weighted by molar-refractivity contribution is 9.10. The summed E-state index contributed by atoms with van der Waals surface area (Å²) in [5.41, 5.74) is 7.25. The van der Waals surface area contributed by atoms with Gasteiger partial charge in [-0.3, -0.25) is 4.90 Å². The normalized spacial score (nSPS) is 13.4. The number of nitrogens with two attached hydrogens (primary N) is 1. The molecule has 21 heavy (non-hydrogen) atoms. The fourth-order valence-corrected chi connectivity index (χ4v) is 2.82. The number of benzene rings is 1. The van der Waals surface area contributed by atoms with E-state index in [0.717, 1.165) is 29.1 Å². The fourth-order valence-electron chi connectivity index (χ4n) is 2.39. The largest absolute Gasteiger partial charge is 0.329 e. The second kappa shape index (κ2) is 9.11. The molecule has 0 saturated carbocycles. The first kappa shape index (κ1) is 18.9. The van der Waals surface area contributed by atoms with Crippen LogP contribution in [0.3, 0.4) is 0 Å². The molecule has 0 saturated heterocycles. The van der Waals surface area contributed by atoms with E-state index in [4.69, 9.17) is 17.3 Å². The highest BCUT2D eigenvalue weighted by atomic mass is 79.9. The van der Waals surface area contributed by atoms with Crippen molar-refractivity contribution in [3.05, 3.63) is 33.3 Å². The lowest BCUT2D eigenvalue weighted by Crippen LogP contribution is -2.40. The van der Waals surface area contributed by atoms with Gasteiger partial charge in [-0.2, -0.15) is 0 Å². The quantitative estimate of drug-likeness (QED) is 0.752. The summed E-state index contributed by atoms with van der Waals surface area (Å²) in [5, 5.41) is 0.739. The zero-order valence-corrected chi connectivity index (χ0v) is 15.8. The van der Waals surface area contributed by atoms with Gasteiger partial charge in [-0.25, -0.2) is 0 Å². The van der Waals surface area contributed by atoms with Crippen LogP contribution >= 0.6 is 27.5 Å². The first-order valence-electron chi connectivity index (χ1n) is 7.39.